The monoisotopic (exact) mass is 625 g/mol. The van der Waals surface area contributed by atoms with Gasteiger partial charge in [0.2, 0.25) is 0 Å². The lowest BCUT2D eigenvalue weighted by Gasteiger charge is -2.15. The van der Waals surface area contributed by atoms with Crippen molar-refractivity contribution < 1.29 is 23.8 Å². The van der Waals surface area contributed by atoms with Gasteiger partial charge in [0.1, 0.15) is 10.9 Å². The van der Waals surface area contributed by atoms with Gasteiger partial charge in [0.05, 0.1) is 22.6 Å². The molecule has 10 heteroatoms. The largest absolute Gasteiger partial charge is 0.490 e. The van der Waals surface area contributed by atoms with E-state index in [1.54, 1.807) is 11.8 Å². The van der Waals surface area contributed by atoms with Crippen LogP contribution in [-0.4, -0.2) is 40.9 Å². The van der Waals surface area contributed by atoms with Gasteiger partial charge in [-0.2, -0.15) is 0 Å². The van der Waals surface area contributed by atoms with Gasteiger partial charge in [0, 0.05) is 18.0 Å². The number of amides is 1. The number of rotatable bonds is 13. The summed E-state index contributed by atoms with van der Waals surface area (Å²) in [6.07, 6.45) is 4.51. The summed E-state index contributed by atoms with van der Waals surface area (Å²) in [7, 11) is 0. The Kier molecular flexibility index (Phi) is 11.8. The van der Waals surface area contributed by atoms with Crippen molar-refractivity contribution in [3.8, 4) is 11.5 Å². The third-order valence-electron chi connectivity index (χ3n) is 5.37. The minimum atomic E-state index is -0.185. The van der Waals surface area contributed by atoms with Gasteiger partial charge < -0.3 is 14.2 Å². The van der Waals surface area contributed by atoms with Crippen LogP contribution in [0.1, 0.15) is 50.7 Å². The zero-order chi connectivity index (χ0) is 26.8. The predicted molar refractivity (Wildman–Crippen MR) is 156 cm³/mol. The van der Waals surface area contributed by atoms with Gasteiger partial charge in [-0.25, -0.2) is 0 Å². The van der Waals surface area contributed by atoms with Crippen molar-refractivity contribution in [3.63, 3.8) is 0 Å². The molecule has 3 rings (SSSR count). The van der Waals surface area contributed by atoms with Crippen LogP contribution in [-0.2, 0) is 20.9 Å². The van der Waals surface area contributed by atoms with Crippen LogP contribution in [0.2, 0.25) is 5.02 Å². The van der Waals surface area contributed by atoms with Gasteiger partial charge in [0.25, 0.3) is 5.91 Å². The molecule has 1 heterocycles. The van der Waals surface area contributed by atoms with Crippen molar-refractivity contribution in [2.24, 2.45) is 0 Å². The molecule has 0 aliphatic carbocycles. The van der Waals surface area contributed by atoms with Crippen molar-refractivity contribution >= 4 is 73.8 Å². The summed E-state index contributed by atoms with van der Waals surface area (Å²) < 4.78 is 18.1. The summed E-state index contributed by atoms with van der Waals surface area (Å²) in [6.45, 7) is 5.43. The summed E-state index contributed by atoms with van der Waals surface area (Å²) in [5, 5.41) is 0.670. The number of esters is 1. The average molecular weight is 627 g/mol. The average Bonchev–Trinajstić information content (AvgIpc) is 3.12. The number of carbonyl (C=O) groups excluding carboxylic acids is 2. The van der Waals surface area contributed by atoms with Gasteiger partial charge in [-0.15, -0.1) is 0 Å². The Balaban J connectivity index is 1.65. The van der Waals surface area contributed by atoms with Crippen molar-refractivity contribution in [2.45, 2.75) is 46.1 Å². The van der Waals surface area contributed by atoms with Crippen molar-refractivity contribution in [1.29, 1.82) is 0 Å². The first-order valence-corrected chi connectivity index (χ1v) is 14.5. The highest BCUT2D eigenvalue weighted by molar-refractivity contribution is 9.10. The second-order valence-corrected chi connectivity index (χ2v) is 11.1. The van der Waals surface area contributed by atoms with E-state index < -0.39 is 0 Å². The number of hydrogen-bond donors (Lipinski definition) is 0. The molecular weight excluding hydrogens is 598 g/mol. The molecule has 2 aromatic carbocycles. The fraction of sp³-hybridized carbons (Fsp3) is 0.370. The maximum absolute atomic E-state index is 13.0. The molecule has 198 valence electrons. The number of thiocarbonyl (C=S) groups is 1. The van der Waals surface area contributed by atoms with E-state index in [0.29, 0.717) is 58.5 Å². The molecule has 0 saturated carbocycles. The highest BCUT2D eigenvalue weighted by Gasteiger charge is 2.31. The predicted octanol–water partition coefficient (Wildman–Crippen LogP) is 7.40. The van der Waals surface area contributed by atoms with E-state index >= 15 is 0 Å². The lowest BCUT2D eigenvalue weighted by atomic mass is 10.1. The van der Waals surface area contributed by atoms with Gasteiger partial charge in [-0.1, -0.05) is 54.1 Å². The number of ether oxygens (including phenoxy) is 3. The molecule has 37 heavy (non-hydrogen) atoms. The Morgan fingerprint density at radius 1 is 1.11 bits per heavy atom. The molecule has 0 spiro atoms. The Hall–Kier alpha value is -2.07. The number of thioether (sulfide) groups is 1. The number of nitrogens with zero attached hydrogens (tertiary/aromatic N) is 1. The third kappa shape index (κ3) is 8.74. The number of halogens is 2. The Bertz CT molecular complexity index is 1160. The fourth-order valence-electron chi connectivity index (χ4n) is 3.60. The van der Waals surface area contributed by atoms with Crippen LogP contribution in [0.3, 0.4) is 0 Å². The smallest absolute Gasteiger partial charge is 0.305 e. The quantitative estimate of drug-likeness (QED) is 0.0993. The molecule has 1 aliphatic heterocycles. The maximum Gasteiger partial charge on any atom is 0.305 e. The topological polar surface area (TPSA) is 65.1 Å². The first-order valence-electron chi connectivity index (χ1n) is 12.1. The highest BCUT2D eigenvalue weighted by Crippen LogP contribution is 2.40. The standard InChI is InChI=1S/C27H29BrClNO5S2/c1-3-33-22-15-19(14-21(28)25(22)35-17-18-9-11-20(29)12-10-18)16-23-26(32)30(27(36)37-23)13-7-5-6-8-24(31)34-4-2/h9-12,14-16H,3-8,13,17H2,1-2H3/b23-16-. The number of unbranched alkanes of at least 4 members (excludes halogenated alkanes) is 2. The molecule has 1 amide bonds. The fourth-order valence-corrected chi connectivity index (χ4v) is 5.61. The molecule has 0 atom stereocenters. The van der Waals surface area contributed by atoms with Crippen LogP contribution < -0.4 is 9.47 Å². The van der Waals surface area contributed by atoms with E-state index in [4.69, 9.17) is 38.0 Å². The van der Waals surface area contributed by atoms with Crippen molar-refractivity contribution in [2.75, 3.05) is 19.8 Å². The first kappa shape index (κ1) is 29.5. The zero-order valence-electron chi connectivity index (χ0n) is 20.8. The van der Waals surface area contributed by atoms with Crippen LogP contribution in [0.5, 0.6) is 11.5 Å². The van der Waals surface area contributed by atoms with Crippen LogP contribution in [0.15, 0.2) is 45.8 Å². The molecule has 1 saturated heterocycles. The van der Waals surface area contributed by atoms with E-state index in [-0.39, 0.29) is 11.9 Å². The van der Waals surface area contributed by atoms with Crippen LogP contribution in [0.25, 0.3) is 6.08 Å². The molecule has 1 fully saturated rings. The summed E-state index contributed by atoms with van der Waals surface area (Å²) in [4.78, 5) is 26.7. The second-order valence-electron chi connectivity index (χ2n) is 8.13. The van der Waals surface area contributed by atoms with Gasteiger partial charge >= 0.3 is 5.97 Å². The molecule has 0 unspecified atom stereocenters. The third-order valence-corrected chi connectivity index (χ3v) is 7.59. The van der Waals surface area contributed by atoms with E-state index in [1.165, 1.54) is 11.8 Å². The van der Waals surface area contributed by atoms with E-state index in [0.717, 1.165) is 34.9 Å². The molecular formula is C27H29BrClNO5S2. The highest BCUT2D eigenvalue weighted by atomic mass is 79.9. The molecule has 1 aliphatic rings. The van der Waals surface area contributed by atoms with Gasteiger partial charge in [-0.05, 0) is 84.1 Å². The van der Waals surface area contributed by atoms with E-state index in [1.807, 2.05) is 49.4 Å². The first-order chi connectivity index (χ1) is 17.8. The lowest BCUT2D eigenvalue weighted by Crippen LogP contribution is -2.29. The molecule has 0 aromatic heterocycles. The lowest BCUT2D eigenvalue weighted by molar-refractivity contribution is -0.143. The van der Waals surface area contributed by atoms with Crippen LogP contribution in [0.4, 0.5) is 0 Å². The summed E-state index contributed by atoms with van der Waals surface area (Å²) in [5.74, 6) is 0.867. The molecule has 6 nitrogen and oxygen atoms in total. The number of carbonyl (C=O) groups is 2. The van der Waals surface area contributed by atoms with Gasteiger partial charge in [0.15, 0.2) is 11.5 Å². The summed E-state index contributed by atoms with van der Waals surface area (Å²) >= 11 is 16.3. The van der Waals surface area contributed by atoms with Gasteiger partial charge in [-0.3, -0.25) is 14.5 Å². The van der Waals surface area contributed by atoms with E-state index in [9.17, 15) is 9.59 Å². The summed E-state index contributed by atoms with van der Waals surface area (Å²) in [6, 6.07) is 11.2. The Labute approximate surface area is 240 Å². The minimum absolute atomic E-state index is 0.113. The molecule has 0 N–H and O–H groups in total. The normalized spacial score (nSPS) is 14.4. The Morgan fingerprint density at radius 2 is 1.86 bits per heavy atom. The van der Waals surface area contributed by atoms with Crippen molar-refractivity contribution in [1.82, 2.24) is 4.90 Å². The summed E-state index contributed by atoms with van der Waals surface area (Å²) in [5.41, 5.74) is 1.77. The number of benzene rings is 2. The minimum Gasteiger partial charge on any atom is -0.490 e. The van der Waals surface area contributed by atoms with Crippen LogP contribution >= 0.6 is 51.5 Å². The zero-order valence-corrected chi connectivity index (χ0v) is 24.7. The van der Waals surface area contributed by atoms with Crippen LogP contribution in [0, 0.1) is 0 Å². The second kappa shape index (κ2) is 14.8. The van der Waals surface area contributed by atoms with Crippen molar-refractivity contribution in [3.05, 3.63) is 61.9 Å². The molecule has 0 bridgehead atoms. The molecule has 2 aromatic rings. The maximum atomic E-state index is 13.0. The SMILES string of the molecule is CCOC(=O)CCCCCN1C(=O)/C(=C/c2cc(Br)c(OCc3ccc(Cl)cc3)c(OCC)c2)SC1=S. The van der Waals surface area contributed by atoms with E-state index in [2.05, 4.69) is 15.9 Å². The molecule has 0 radical (unpaired) electrons. The Morgan fingerprint density at radius 3 is 2.57 bits per heavy atom. The number of hydrogen-bond acceptors (Lipinski definition) is 7.